The lowest BCUT2D eigenvalue weighted by Gasteiger charge is -2.11. The van der Waals surface area contributed by atoms with Gasteiger partial charge in [0.05, 0.1) is 41.2 Å². The van der Waals surface area contributed by atoms with E-state index in [1.54, 1.807) is 35.3 Å². The summed E-state index contributed by atoms with van der Waals surface area (Å²) < 4.78 is 43.6. The Hall–Kier alpha value is -4.61. The number of amides is 1. The molecule has 2 aromatic heterocycles. The fourth-order valence-corrected chi connectivity index (χ4v) is 4.53. The maximum atomic E-state index is 13.2. The first-order valence-corrected chi connectivity index (χ1v) is 14.1. The molecule has 0 unspecified atom stereocenters. The van der Waals surface area contributed by atoms with Gasteiger partial charge >= 0.3 is 0 Å². The molecule has 5 rings (SSSR count). The van der Waals surface area contributed by atoms with Crippen LogP contribution in [0, 0.1) is 5.82 Å². The zero-order chi connectivity index (χ0) is 28.7. The van der Waals surface area contributed by atoms with Gasteiger partial charge in [-0.15, -0.1) is 0 Å². The third-order valence-corrected chi connectivity index (χ3v) is 7.13. The van der Waals surface area contributed by atoms with Crippen molar-refractivity contribution >= 4 is 26.6 Å². The van der Waals surface area contributed by atoms with Crippen molar-refractivity contribution in [2.24, 2.45) is 5.73 Å². The highest BCUT2D eigenvalue weighted by molar-refractivity contribution is 7.90. The number of carbonyl (C=O) groups excluding carboxylic acids is 1. The predicted octanol–water partition coefficient (Wildman–Crippen LogP) is 4.05. The second-order valence-corrected chi connectivity index (χ2v) is 10.8. The lowest BCUT2D eigenvalue weighted by atomic mass is 10.1. The lowest BCUT2D eigenvalue weighted by Crippen LogP contribution is -2.23. The Balaban J connectivity index is 0.000000398. The molecular weight excluding hydrogens is 533 g/mol. The molecule has 0 aliphatic carbocycles. The summed E-state index contributed by atoms with van der Waals surface area (Å²) in [4.78, 5) is 17.2. The molecule has 0 fully saturated rings. The number of halogens is 1. The fraction of sp³-hybridized carbons (Fsp3) is 0.138. The summed E-state index contributed by atoms with van der Waals surface area (Å²) in [5, 5.41) is 7.70. The van der Waals surface area contributed by atoms with Crippen molar-refractivity contribution in [2.75, 3.05) is 13.4 Å². The fourth-order valence-electron chi connectivity index (χ4n) is 3.90. The SMILES string of the molecule is COc1cc(S(C)(=O)=O)ccc1CNC(=O)c1cncc2c1cnn2-c1ccc(F)cc1.NCc1ccccc1. The molecule has 1 amide bonds. The number of pyridine rings is 1. The molecule has 40 heavy (non-hydrogen) atoms. The van der Waals surface area contributed by atoms with Crippen LogP contribution in [0.15, 0.2) is 96.3 Å². The van der Waals surface area contributed by atoms with E-state index in [4.69, 9.17) is 10.5 Å². The molecule has 5 aromatic rings. The topological polar surface area (TPSA) is 129 Å². The number of benzene rings is 3. The predicted molar refractivity (Wildman–Crippen MR) is 150 cm³/mol. The number of rotatable bonds is 7. The molecule has 2 heterocycles. The van der Waals surface area contributed by atoms with E-state index in [0.29, 0.717) is 40.0 Å². The van der Waals surface area contributed by atoms with E-state index in [-0.39, 0.29) is 23.2 Å². The number of methoxy groups -OCH3 is 1. The Bertz CT molecular complexity index is 1720. The van der Waals surface area contributed by atoms with Crippen LogP contribution in [0.3, 0.4) is 0 Å². The minimum Gasteiger partial charge on any atom is -0.496 e. The zero-order valence-electron chi connectivity index (χ0n) is 21.9. The van der Waals surface area contributed by atoms with E-state index in [0.717, 1.165) is 6.26 Å². The van der Waals surface area contributed by atoms with Gasteiger partial charge in [-0.1, -0.05) is 36.4 Å². The largest absolute Gasteiger partial charge is 0.496 e. The molecule has 0 radical (unpaired) electrons. The molecule has 0 saturated carbocycles. The number of nitrogens with two attached hydrogens (primary N) is 1. The quantitative estimate of drug-likeness (QED) is 0.307. The van der Waals surface area contributed by atoms with E-state index in [1.165, 1.54) is 43.1 Å². The normalized spacial score (nSPS) is 11.0. The molecule has 0 bridgehead atoms. The highest BCUT2D eigenvalue weighted by Gasteiger charge is 2.16. The number of hydrogen-bond donors (Lipinski definition) is 2. The molecule has 0 atom stereocenters. The molecular formula is C29H28FN5O4S. The Labute approximate surface area is 231 Å². The monoisotopic (exact) mass is 561 g/mol. The molecule has 9 nitrogen and oxygen atoms in total. The second kappa shape index (κ2) is 12.5. The number of fused-ring (bicyclic) bond motifs is 1. The van der Waals surface area contributed by atoms with Crippen molar-refractivity contribution in [3.63, 3.8) is 0 Å². The van der Waals surface area contributed by atoms with Gasteiger partial charge in [0.1, 0.15) is 11.6 Å². The highest BCUT2D eigenvalue weighted by Crippen LogP contribution is 2.24. The average molecular weight is 562 g/mol. The van der Waals surface area contributed by atoms with Crippen LogP contribution in [0.5, 0.6) is 5.75 Å². The van der Waals surface area contributed by atoms with Crippen LogP contribution in [-0.2, 0) is 22.9 Å². The summed E-state index contributed by atoms with van der Waals surface area (Å²) in [7, 11) is -1.95. The highest BCUT2D eigenvalue weighted by atomic mass is 32.2. The molecule has 0 aliphatic rings. The maximum Gasteiger partial charge on any atom is 0.253 e. The van der Waals surface area contributed by atoms with Crippen molar-refractivity contribution in [3.05, 3.63) is 114 Å². The van der Waals surface area contributed by atoms with Crippen LogP contribution in [0.1, 0.15) is 21.5 Å². The summed E-state index contributed by atoms with van der Waals surface area (Å²) in [6.07, 6.45) is 5.69. The Kier molecular flexibility index (Phi) is 8.87. The van der Waals surface area contributed by atoms with Crippen molar-refractivity contribution in [1.82, 2.24) is 20.1 Å². The number of nitrogens with one attached hydrogen (secondary N) is 1. The van der Waals surface area contributed by atoms with Gasteiger partial charge in [0, 0.05) is 36.5 Å². The van der Waals surface area contributed by atoms with Crippen LogP contribution < -0.4 is 15.8 Å². The second-order valence-electron chi connectivity index (χ2n) is 8.77. The van der Waals surface area contributed by atoms with E-state index in [9.17, 15) is 17.6 Å². The van der Waals surface area contributed by atoms with Gasteiger partial charge in [-0.3, -0.25) is 9.78 Å². The first-order valence-electron chi connectivity index (χ1n) is 12.2. The Morgan fingerprint density at radius 3 is 2.38 bits per heavy atom. The first-order chi connectivity index (χ1) is 19.2. The summed E-state index contributed by atoms with van der Waals surface area (Å²) in [6.45, 7) is 0.759. The van der Waals surface area contributed by atoms with Crippen LogP contribution in [0.2, 0.25) is 0 Å². The van der Waals surface area contributed by atoms with E-state index in [1.807, 2.05) is 30.3 Å². The third kappa shape index (κ3) is 6.68. The van der Waals surface area contributed by atoms with E-state index < -0.39 is 9.84 Å². The number of nitrogens with zero attached hydrogens (tertiary/aromatic N) is 3. The Morgan fingerprint density at radius 1 is 1.02 bits per heavy atom. The number of aromatic nitrogens is 3. The van der Waals surface area contributed by atoms with Crippen molar-refractivity contribution in [1.29, 1.82) is 0 Å². The Morgan fingerprint density at radius 2 is 1.75 bits per heavy atom. The van der Waals surface area contributed by atoms with Gasteiger partial charge in [0.25, 0.3) is 5.91 Å². The summed E-state index contributed by atoms with van der Waals surface area (Å²) in [5.74, 6) is -0.381. The zero-order valence-corrected chi connectivity index (χ0v) is 22.7. The van der Waals surface area contributed by atoms with Crippen molar-refractivity contribution < 1.29 is 22.3 Å². The van der Waals surface area contributed by atoms with Gasteiger partial charge in [-0.2, -0.15) is 5.10 Å². The molecule has 206 valence electrons. The smallest absolute Gasteiger partial charge is 0.253 e. The van der Waals surface area contributed by atoms with Gasteiger partial charge < -0.3 is 15.8 Å². The summed E-state index contributed by atoms with van der Waals surface area (Å²) in [5.41, 5.74) is 8.71. The molecule has 0 saturated heterocycles. The number of sulfone groups is 1. The van der Waals surface area contributed by atoms with Crippen LogP contribution >= 0.6 is 0 Å². The van der Waals surface area contributed by atoms with E-state index in [2.05, 4.69) is 15.4 Å². The first kappa shape index (κ1) is 28.4. The van der Waals surface area contributed by atoms with Gasteiger partial charge in [-0.05, 0) is 42.0 Å². The molecule has 3 aromatic carbocycles. The molecule has 0 aliphatic heterocycles. The van der Waals surface area contributed by atoms with Crippen LogP contribution in [0.25, 0.3) is 16.6 Å². The molecule has 11 heteroatoms. The lowest BCUT2D eigenvalue weighted by molar-refractivity contribution is 0.0952. The standard InChI is InChI=1S/C22H19FN4O4S.C7H9N/c1-31-21-9-17(32(2,29)30)8-3-14(21)10-25-22(28)19-11-24-13-20-18(19)12-26-27(20)16-6-4-15(23)5-7-16;8-6-7-4-2-1-3-5-7/h3-9,11-13H,10H2,1-2H3,(H,25,28);1-5H,6,8H2. The van der Waals surface area contributed by atoms with Crippen molar-refractivity contribution in [2.45, 2.75) is 18.0 Å². The van der Waals surface area contributed by atoms with Gasteiger partial charge in [0.15, 0.2) is 9.84 Å². The van der Waals surface area contributed by atoms with Gasteiger partial charge in [-0.25, -0.2) is 17.5 Å². The van der Waals surface area contributed by atoms with Crippen LogP contribution in [0.4, 0.5) is 4.39 Å². The number of ether oxygens (including phenoxy) is 1. The van der Waals surface area contributed by atoms with Crippen molar-refractivity contribution in [3.8, 4) is 11.4 Å². The molecule has 3 N–H and O–H groups in total. The minimum atomic E-state index is -3.38. The number of carbonyl (C=O) groups is 1. The summed E-state index contributed by atoms with van der Waals surface area (Å²) >= 11 is 0. The van der Waals surface area contributed by atoms with E-state index >= 15 is 0 Å². The minimum absolute atomic E-state index is 0.120. The maximum absolute atomic E-state index is 13.2. The molecule has 0 spiro atoms. The average Bonchev–Trinajstić information content (AvgIpc) is 3.41. The van der Waals surface area contributed by atoms with Crippen LogP contribution in [-0.4, -0.2) is 42.5 Å². The summed E-state index contributed by atoms with van der Waals surface area (Å²) in [6, 6.07) is 20.3. The third-order valence-electron chi connectivity index (χ3n) is 6.02. The van der Waals surface area contributed by atoms with Gasteiger partial charge in [0.2, 0.25) is 0 Å². The number of hydrogen-bond acceptors (Lipinski definition) is 7.